The number of pyridine rings is 1. The molecule has 1 heterocycles. The third kappa shape index (κ3) is 3.25. The number of rotatable bonds is 5. The van der Waals surface area contributed by atoms with Gasteiger partial charge in [-0.05, 0) is 12.1 Å². The van der Waals surface area contributed by atoms with Crippen molar-refractivity contribution in [1.29, 1.82) is 0 Å². The number of nitrogens with two attached hydrogens (primary N) is 1. The van der Waals surface area contributed by atoms with Crippen LogP contribution in [0.2, 0.25) is 0 Å². The lowest BCUT2D eigenvalue weighted by molar-refractivity contribution is 0.185. The number of ether oxygens (including phenoxy) is 1. The van der Waals surface area contributed by atoms with E-state index in [9.17, 15) is 8.42 Å². The van der Waals surface area contributed by atoms with E-state index in [0.29, 0.717) is 12.3 Å². The van der Waals surface area contributed by atoms with Crippen LogP contribution in [0.1, 0.15) is 5.56 Å². The molecule has 0 fully saturated rings. The van der Waals surface area contributed by atoms with E-state index in [2.05, 4.69) is 9.71 Å². The van der Waals surface area contributed by atoms with Gasteiger partial charge in [-0.2, -0.15) is 0 Å². The van der Waals surface area contributed by atoms with Crippen LogP contribution in [0, 0.1) is 0 Å². The quantitative estimate of drug-likeness (QED) is 0.873. The van der Waals surface area contributed by atoms with E-state index < -0.39 is 10.0 Å². The summed E-state index contributed by atoms with van der Waals surface area (Å²) in [5, 5.41) is 0. The molecule has 6 nitrogen and oxygen atoms in total. The Labute approximate surface area is 117 Å². The van der Waals surface area contributed by atoms with Gasteiger partial charge in [0.05, 0.1) is 17.2 Å². The number of nitrogens with zero attached hydrogens (tertiary/aromatic N) is 1. The number of methoxy groups -OCH3 is 1. The predicted molar refractivity (Wildman–Crippen MR) is 76.6 cm³/mol. The fourth-order valence-electron chi connectivity index (χ4n) is 1.70. The molecule has 20 heavy (non-hydrogen) atoms. The van der Waals surface area contributed by atoms with Crippen LogP contribution in [0.15, 0.2) is 47.5 Å². The standard InChI is InChI=1S/C13H15N3O3S/c1-19-9-10-4-2-3-5-12(10)16-20(17,18)11-6-7-15-13(14)8-11/h2-8,16H,9H2,1H3,(H2,14,15). The highest BCUT2D eigenvalue weighted by Gasteiger charge is 2.16. The Kier molecular flexibility index (Phi) is 4.21. The first-order chi connectivity index (χ1) is 9.53. The number of anilines is 2. The molecular formula is C13H15N3O3S. The van der Waals surface area contributed by atoms with Gasteiger partial charge in [-0.3, -0.25) is 4.72 Å². The molecule has 0 amide bonds. The molecule has 0 aliphatic heterocycles. The Hall–Kier alpha value is -2.12. The molecule has 0 saturated carbocycles. The van der Waals surface area contributed by atoms with Gasteiger partial charge in [0.2, 0.25) is 0 Å². The summed E-state index contributed by atoms with van der Waals surface area (Å²) < 4.78 is 32.1. The monoisotopic (exact) mass is 293 g/mol. The summed E-state index contributed by atoms with van der Waals surface area (Å²) in [6.45, 7) is 0.317. The molecule has 1 aromatic heterocycles. The molecule has 2 rings (SSSR count). The van der Waals surface area contributed by atoms with Gasteiger partial charge in [0.25, 0.3) is 10.0 Å². The zero-order valence-corrected chi connectivity index (χ0v) is 11.7. The van der Waals surface area contributed by atoms with Crippen molar-refractivity contribution < 1.29 is 13.2 Å². The van der Waals surface area contributed by atoms with Gasteiger partial charge >= 0.3 is 0 Å². The van der Waals surface area contributed by atoms with E-state index in [1.807, 2.05) is 6.07 Å². The van der Waals surface area contributed by atoms with Crippen LogP contribution in [-0.4, -0.2) is 20.5 Å². The van der Waals surface area contributed by atoms with Crippen molar-refractivity contribution in [2.24, 2.45) is 0 Å². The van der Waals surface area contributed by atoms with Crippen molar-refractivity contribution in [3.63, 3.8) is 0 Å². The van der Waals surface area contributed by atoms with Gasteiger partial charge in [-0.25, -0.2) is 13.4 Å². The lowest BCUT2D eigenvalue weighted by atomic mass is 10.2. The maximum atomic E-state index is 12.3. The van der Waals surface area contributed by atoms with Crippen molar-refractivity contribution in [3.05, 3.63) is 48.2 Å². The highest BCUT2D eigenvalue weighted by Crippen LogP contribution is 2.21. The van der Waals surface area contributed by atoms with E-state index in [4.69, 9.17) is 10.5 Å². The Bertz CT molecular complexity index is 702. The summed E-state index contributed by atoms with van der Waals surface area (Å²) in [5.41, 5.74) is 6.73. The smallest absolute Gasteiger partial charge is 0.262 e. The van der Waals surface area contributed by atoms with E-state index in [1.165, 1.54) is 18.3 Å². The van der Waals surface area contributed by atoms with Crippen LogP contribution in [0.5, 0.6) is 0 Å². The van der Waals surface area contributed by atoms with Crippen LogP contribution in [0.25, 0.3) is 0 Å². The molecule has 2 aromatic rings. The second kappa shape index (κ2) is 5.89. The number of hydrogen-bond acceptors (Lipinski definition) is 5. The summed E-state index contributed by atoms with van der Waals surface area (Å²) in [6, 6.07) is 9.73. The van der Waals surface area contributed by atoms with Crippen LogP contribution < -0.4 is 10.5 Å². The van der Waals surface area contributed by atoms with Gasteiger partial charge in [-0.1, -0.05) is 18.2 Å². The fraction of sp³-hybridized carbons (Fsp3) is 0.154. The SMILES string of the molecule is COCc1ccccc1NS(=O)(=O)c1ccnc(N)c1. The van der Waals surface area contributed by atoms with Crippen molar-refractivity contribution >= 4 is 21.5 Å². The second-order valence-electron chi connectivity index (χ2n) is 4.11. The lowest BCUT2D eigenvalue weighted by Crippen LogP contribution is -2.14. The van der Waals surface area contributed by atoms with Crippen LogP contribution >= 0.6 is 0 Å². The summed E-state index contributed by atoms with van der Waals surface area (Å²) in [4.78, 5) is 3.84. The number of nitrogens with one attached hydrogen (secondary N) is 1. The molecule has 0 saturated heterocycles. The molecule has 0 spiro atoms. The van der Waals surface area contributed by atoms with Gasteiger partial charge in [-0.15, -0.1) is 0 Å². The number of nitrogen functional groups attached to an aromatic ring is 1. The van der Waals surface area contributed by atoms with Gasteiger partial charge in [0.15, 0.2) is 0 Å². The first kappa shape index (κ1) is 14.3. The minimum absolute atomic E-state index is 0.0669. The van der Waals surface area contributed by atoms with Crippen molar-refractivity contribution in [3.8, 4) is 0 Å². The highest BCUT2D eigenvalue weighted by atomic mass is 32.2. The Morgan fingerprint density at radius 3 is 2.75 bits per heavy atom. The van der Waals surface area contributed by atoms with E-state index in [1.54, 1.807) is 25.3 Å². The Morgan fingerprint density at radius 2 is 2.05 bits per heavy atom. The number of para-hydroxylation sites is 1. The molecule has 0 aliphatic rings. The average Bonchev–Trinajstić information content (AvgIpc) is 2.41. The zero-order valence-electron chi connectivity index (χ0n) is 10.9. The molecule has 0 radical (unpaired) electrons. The number of aromatic nitrogens is 1. The molecule has 0 bridgehead atoms. The predicted octanol–water partition coefficient (Wildman–Crippen LogP) is 1.61. The number of sulfonamides is 1. The molecule has 7 heteroatoms. The van der Waals surface area contributed by atoms with Crippen molar-refractivity contribution in [1.82, 2.24) is 4.98 Å². The minimum Gasteiger partial charge on any atom is -0.384 e. The minimum atomic E-state index is -3.70. The van der Waals surface area contributed by atoms with Crippen LogP contribution in [0.3, 0.4) is 0 Å². The molecular weight excluding hydrogens is 278 g/mol. The summed E-state index contributed by atoms with van der Waals surface area (Å²) >= 11 is 0. The Morgan fingerprint density at radius 1 is 1.30 bits per heavy atom. The van der Waals surface area contributed by atoms with E-state index >= 15 is 0 Å². The molecule has 3 N–H and O–H groups in total. The maximum absolute atomic E-state index is 12.3. The zero-order chi connectivity index (χ0) is 14.6. The summed E-state index contributed by atoms with van der Waals surface area (Å²) in [5.74, 6) is 0.151. The summed E-state index contributed by atoms with van der Waals surface area (Å²) in [6.07, 6.45) is 1.35. The molecule has 0 atom stereocenters. The maximum Gasteiger partial charge on any atom is 0.262 e. The first-order valence-electron chi connectivity index (χ1n) is 5.84. The fourth-order valence-corrected chi connectivity index (χ4v) is 2.82. The third-order valence-electron chi connectivity index (χ3n) is 2.62. The lowest BCUT2D eigenvalue weighted by Gasteiger charge is -2.12. The molecule has 0 aliphatic carbocycles. The molecule has 0 unspecified atom stereocenters. The largest absolute Gasteiger partial charge is 0.384 e. The molecule has 106 valence electrons. The van der Waals surface area contributed by atoms with Crippen LogP contribution in [-0.2, 0) is 21.4 Å². The van der Waals surface area contributed by atoms with Crippen molar-refractivity contribution in [2.45, 2.75) is 11.5 Å². The normalized spacial score (nSPS) is 11.2. The van der Waals surface area contributed by atoms with Gasteiger partial charge < -0.3 is 10.5 Å². The topological polar surface area (TPSA) is 94.3 Å². The van der Waals surface area contributed by atoms with Gasteiger partial charge in [0.1, 0.15) is 5.82 Å². The Balaban J connectivity index is 2.34. The first-order valence-corrected chi connectivity index (χ1v) is 7.32. The highest BCUT2D eigenvalue weighted by molar-refractivity contribution is 7.92. The number of benzene rings is 1. The molecule has 1 aromatic carbocycles. The number of hydrogen-bond donors (Lipinski definition) is 2. The van der Waals surface area contributed by atoms with Gasteiger partial charge in [0, 0.05) is 24.9 Å². The second-order valence-corrected chi connectivity index (χ2v) is 5.79. The van der Waals surface area contributed by atoms with Crippen LogP contribution in [0.4, 0.5) is 11.5 Å². The average molecular weight is 293 g/mol. The van der Waals surface area contributed by atoms with Crippen molar-refractivity contribution in [2.75, 3.05) is 17.6 Å². The van der Waals surface area contributed by atoms with E-state index in [0.717, 1.165) is 5.56 Å². The van der Waals surface area contributed by atoms with E-state index in [-0.39, 0.29) is 10.7 Å². The third-order valence-corrected chi connectivity index (χ3v) is 3.99. The summed E-state index contributed by atoms with van der Waals surface area (Å²) in [7, 11) is -2.15.